The van der Waals surface area contributed by atoms with Crippen molar-refractivity contribution in [2.24, 2.45) is 0 Å². The van der Waals surface area contributed by atoms with E-state index in [1.807, 2.05) is 0 Å². The highest BCUT2D eigenvalue weighted by Crippen LogP contribution is 2.31. The van der Waals surface area contributed by atoms with Crippen LogP contribution in [0.3, 0.4) is 0 Å². The first-order valence-corrected chi connectivity index (χ1v) is 7.65. The zero-order chi connectivity index (χ0) is 19.5. The van der Waals surface area contributed by atoms with Crippen LogP contribution in [0.5, 0.6) is 0 Å². The van der Waals surface area contributed by atoms with Gasteiger partial charge in [0.1, 0.15) is 0 Å². The van der Waals surface area contributed by atoms with Gasteiger partial charge in [-0.15, -0.1) is 0 Å². The Kier molecular flexibility index (Phi) is 5.76. The second-order valence-electron chi connectivity index (χ2n) is 5.38. The summed E-state index contributed by atoms with van der Waals surface area (Å²) < 4.78 is 42.6. The number of nitrogen functional groups attached to an aromatic ring is 1. The Balaban J connectivity index is 1.99. The number of rotatable bonds is 4. The highest BCUT2D eigenvalue weighted by molar-refractivity contribution is 6.30. The van der Waals surface area contributed by atoms with E-state index in [9.17, 15) is 22.8 Å². The van der Waals surface area contributed by atoms with Crippen molar-refractivity contribution in [1.29, 1.82) is 0 Å². The molecule has 0 unspecified atom stereocenters. The SMILES string of the molecule is Cc1cc(Cl)ccc1NC(=O)COC(=O)c1ccc(C(F)(F)F)cc1N. The molecular formula is C17H14ClF3N2O3. The number of carbonyl (C=O) groups excluding carboxylic acids is 2. The van der Waals surface area contributed by atoms with Crippen molar-refractivity contribution in [2.45, 2.75) is 13.1 Å². The Labute approximate surface area is 151 Å². The van der Waals surface area contributed by atoms with Crippen molar-refractivity contribution in [2.75, 3.05) is 17.7 Å². The first kappa shape index (κ1) is 19.6. The molecule has 0 aliphatic rings. The molecule has 0 saturated carbocycles. The minimum atomic E-state index is -4.58. The van der Waals surface area contributed by atoms with E-state index in [0.29, 0.717) is 28.4 Å². The monoisotopic (exact) mass is 386 g/mol. The molecule has 0 saturated heterocycles. The molecule has 0 radical (unpaired) electrons. The van der Waals surface area contributed by atoms with Crippen molar-refractivity contribution in [3.63, 3.8) is 0 Å². The van der Waals surface area contributed by atoms with Crippen LogP contribution in [-0.4, -0.2) is 18.5 Å². The number of anilines is 2. The summed E-state index contributed by atoms with van der Waals surface area (Å²) in [6.45, 7) is 1.11. The Morgan fingerprint density at radius 1 is 1.19 bits per heavy atom. The van der Waals surface area contributed by atoms with Gasteiger partial charge in [0.25, 0.3) is 5.91 Å². The number of benzene rings is 2. The highest BCUT2D eigenvalue weighted by atomic mass is 35.5. The number of amides is 1. The summed E-state index contributed by atoms with van der Waals surface area (Å²) in [6, 6.07) is 7.07. The topological polar surface area (TPSA) is 81.4 Å². The van der Waals surface area contributed by atoms with Crippen LogP contribution in [0.1, 0.15) is 21.5 Å². The van der Waals surface area contributed by atoms with Crippen molar-refractivity contribution in [1.82, 2.24) is 0 Å². The average Bonchev–Trinajstić information content (AvgIpc) is 2.54. The number of carbonyl (C=O) groups is 2. The molecule has 0 atom stereocenters. The quantitative estimate of drug-likeness (QED) is 0.613. The van der Waals surface area contributed by atoms with Gasteiger partial charge in [-0.3, -0.25) is 4.79 Å². The minimum Gasteiger partial charge on any atom is -0.452 e. The third kappa shape index (κ3) is 4.89. The highest BCUT2D eigenvalue weighted by Gasteiger charge is 2.31. The summed E-state index contributed by atoms with van der Waals surface area (Å²) in [5, 5.41) is 3.04. The standard InChI is InChI=1S/C17H14ClF3N2O3/c1-9-6-11(18)3-5-14(9)23-15(24)8-26-16(25)12-4-2-10(7-13(12)22)17(19,20)21/h2-7H,8,22H2,1H3,(H,23,24). The van der Waals surface area contributed by atoms with E-state index < -0.39 is 35.9 Å². The molecule has 1 amide bonds. The van der Waals surface area contributed by atoms with Crippen molar-refractivity contribution >= 4 is 34.9 Å². The van der Waals surface area contributed by atoms with Crippen LogP contribution >= 0.6 is 11.6 Å². The molecule has 0 aromatic heterocycles. The molecule has 0 heterocycles. The molecule has 138 valence electrons. The predicted octanol–water partition coefficient (Wildman–Crippen LogP) is 4.04. The molecule has 2 aromatic carbocycles. The van der Waals surface area contributed by atoms with Gasteiger partial charge in [0.15, 0.2) is 6.61 Å². The van der Waals surface area contributed by atoms with E-state index >= 15 is 0 Å². The van der Waals surface area contributed by atoms with Crippen LogP contribution in [0, 0.1) is 6.92 Å². The van der Waals surface area contributed by atoms with E-state index in [-0.39, 0.29) is 5.56 Å². The van der Waals surface area contributed by atoms with Crippen molar-refractivity contribution in [3.05, 3.63) is 58.1 Å². The van der Waals surface area contributed by atoms with E-state index in [2.05, 4.69) is 5.32 Å². The van der Waals surface area contributed by atoms with Gasteiger partial charge in [0.2, 0.25) is 0 Å². The Morgan fingerprint density at radius 3 is 2.46 bits per heavy atom. The van der Waals surface area contributed by atoms with E-state index in [0.717, 1.165) is 6.07 Å². The third-order valence-corrected chi connectivity index (χ3v) is 3.63. The maximum atomic E-state index is 12.6. The van der Waals surface area contributed by atoms with Crippen molar-refractivity contribution < 1.29 is 27.5 Å². The summed E-state index contributed by atoms with van der Waals surface area (Å²) >= 11 is 5.81. The fourth-order valence-electron chi connectivity index (χ4n) is 2.09. The molecule has 0 fully saturated rings. The molecule has 0 aliphatic carbocycles. The van der Waals surface area contributed by atoms with Gasteiger partial charge in [-0.2, -0.15) is 13.2 Å². The lowest BCUT2D eigenvalue weighted by Gasteiger charge is -2.11. The van der Waals surface area contributed by atoms with Crippen LogP contribution in [0.15, 0.2) is 36.4 Å². The first-order valence-electron chi connectivity index (χ1n) is 7.28. The fraction of sp³-hybridized carbons (Fsp3) is 0.176. The lowest BCUT2D eigenvalue weighted by atomic mass is 10.1. The summed E-state index contributed by atoms with van der Waals surface area (Å²) in [4.78, 5) is 23.8. The maximum Gasteiger partial charge on any atom is 0.416 e. The molecule has 2 rings (SSSR count). The summed E-state index contributed by atoms with van der Waals surface area (Å²) in [7, 11) is 0. The summed E-state index contributed by atoms with van der Waals surface area (Å²) in [5.74, 6) is -1.62. The molecule has 3 N–H and O–H groups in total. The Hall–Kier alpha value is -2.74. The second kappa shape index (κ2) is 7.65. The van der Waals surface area contributed by atoms with E-state index in [1.165, 1.54) is 0 Å². The number of ether oxygens (including phenoxy) is 1. The van der Waals surface area contributed by atoms with Gasteiger partial charge in [-0.25, -0.2) is 4.79 Å². The normalized spacial score (nSPS) is 11.1. The summed E-state index contributed by atoms with van der Waals surface area (Å²) in [5.41, 5.74) is 5.04. The molecule has 2 aromatic rings. The molecule has 0 spiro atoms. The van der Waals surface area contributed by atoms with Crippen LogP contribution in [0.4, 0.5) is 24.5 Å². The van der Waals surface area contributed by atoms with Gasteiger partial charge < -0.3 is 15.8 Å². The minimum absolute atomic E-state index is 0.256. The lowest BCUT2D eigenvalue weighted by Crippen LogP contribution is -2.22. The van der Waals surface area contributed by atoms with Crippen LogP contribution in [-0.2, 0) is 15.7 Å². The molecule has 5 nitrogen and oxygen atoms in total. The zero-order valence-corrected chi connectivity index (χ0v) is 14.2. The average molecular weight is 387 g/mol. The molecule has 9 heteroatoms. The predicted molar refractivity (Wildman–Crippen MR) is 91.0 cm³/mol. The third-order valence-electron chi connectivity index (χ3n) is 3.40. The maximum absolute atomic E-state index is 12.6. The Morgan fingerprint density at radius 2 is 1.88 bits per heavy atom. The lowest BCUT2D eigenvalue weighted by molar-refractivity contribution is -0.137. The van der Waals surface area contributed by atoms with Gasteiger partial charge in [0, 0.05) is 16.4 Å². The number of hydrogen-bond acceptors (Lipinski definition) is 4. The Bertz CT molecular complexity index is 854. The number of hydrogen-bond donors (Lipinski definition) is 2. The fourth-order valence-corrected chi connectivity index (χ4v) is 2.31. The summed E-state index contributed by atoms with van der Waals surface area (Å²) in [6.07, 6.45) is -4.58. The number of esters is 1. The van der Waals surface area contributed by atoms with Gasteiger partial charge >= 0.3 is 12.1 Å². The van der Waals surface area contributed by atoms with Gasteiger partial charge in [-0.1, -0.05) is 11.6 Å². The van der Waals surface area contributed by atoms with Gasteiger partial charge in [-0.05, 0) is 48.9 Å². The smallest absolute Gasteiger partial charge is 0.416 e. The van der Waals surface area contributed by atoms with Crippen LogP contribution in [0.25, 0.3) is 0 Å². The van der Waals surface area contributed by atoms with Crippen LogP contribution < -0.4 is 11.1 Å². The molecular weight excluding hydrogens is 373 g/mol. The van der Waals surface area contributed by atoms with Crippen LogP contribution in [0.2, 0.25) is 5.02 Å². The number of nitrogens with one attached hydrogen (secondary N) is 1. The second-order valence-corrected chi connectivity index (χ2v) is 5.82. The van der Waals surface area contributed by atoms with E-state index in [4.69, 9.17) is 22.1 Å². The van der Waals surface area contributed by atoms with Gasteiger partial charge in [0.05, 0.1) is 11.1 Å². The number of halogens is 4. The van der Waals surface area contributed by atoms with E-state index in [1.54, 1.807) is 25.1 Å². The molecule has 0 aliphatic heterocycles. The number of aryl methyl sites for hydroxylation is 1. The first-order chi connectivity index (χ1) is 12.1. The largest absolute Gasteiger partial charge is 0.452 e. The number of nitrogens with two attached hydrogens (primary N) is 1. The van der Waals surface area contributed by atoms with Crippen molar-refractivity contribution in [3.8, 4) is 0 Å². The molecule has 26 heavy (non-hydrogen) atoms. The zero-order valence-electron chi connectivity index (χ0n) is 13.5. The number of alkyl halides is 3. The molecule has 0 bridgehead atoms.